The molecule has 3 heterocycles. The first-order valence-electron chi connectivity index (χ1n) is 11.2. The van der Waals surface area contributed by atoms with Crippen molar-refractivity contribution in [1.29, 1.82) is 0 Å². The minimum atomic E-state index is -0.460. The monoisotopic (exact) mass is 486 g/mol. The molecule has 0 atom stereocenters. The highest BCUT2D eigenvalue weighted by Crippen LogP contribution is 2.30. The number of nitrogens with zero attached hydrogens (tertiary/aromatic N) is 5. The van der Waals surface area contributed by atoms with E-state index in [1.807, 2.05) is 13.8 Å². The molecule has 1 aliphatic heterocycles. The maximum absolute atomic E-state index is 14.1. The summed E-state index contributed by atoms with van der Waals surface area (Å²) in [5.74, 6) is 0.944. The number of amides is 1. The molecule has 2 aromatic heterocycles. The fraction of sp³-hybridized carbons (Fsp3) is 0.417. The molecule has 10 heteroatoms. The Bertz CT molecular complexity index is 1200. The average Bonchev–Trinajstić information content (AvgIpc) is 2.79. The minimum absolute atomic E-state index is 0.108. The Morgan fingerprint density at radius 2 is 1.94 bits per heavy atom. The van der Waals surface area contributed by atoms with Crippen molar-refractivity contribution in [2.24, 2.45) is 0 Å². The highest BCUT2D eigenvalue weighted by Gasteiger charge is 2.25. The molecular weight excluding hydrogens is 459 g/mol. The van der Waals surface area contributed by atoms with Crippen molar-refractivity contribution in [3.05, 3.63) is 47.0 Å². The van der Waals surface area contributed by atoms with Crippen molar-refractivity contribution < 1.29 is 13.9 Å². The number of hydrogen-bond donors (Lipinski definition) is 1. The molecule has 1 aromatic carbocycles. The normalized spacial score (nSPS) is 14.5. The molecule has 34 heavy (non-hydrogen) atoms. The van der Waals surface area contributed by atoms with E-state index in [1.165, 1.54) is 11.0 Å². The largest absolute Gasteiger partial charge is 0.487 e. The number of hydrogen-bond acceptors (Lipinski definition) is 7. The summed E-state index contributed by atoms with van der Waals surface area (Å²) in [6, 6.07) is 6.25. The lowest BCUT2D eigenvalue weighted by atomic mass is 10.1. The van der Waals surface area contributed by atoms with Gasteiger partial charge in [0.2, 0.25) is 0 Å². The smallest absolute Gasteiger partial charge is 0.272 e. The van der Waals surface area contributed by atoms with E-state index in [0.29, 0.717) is 53.5 Å². The molecule has 1 aliphatic rings. The number of benzene rings is 1. The predicted octanol–water partition coefficient (Wildman–Crippen LogP) is 4.39. The maximum Gasteiger partial charge on any atom is 0.272 e. The molecule has 0 saturated carbocycles. The van der Waals surface area contributed by atoms with Crippen molar-refractivity contribution in [3.8, 4) is 5.75 Å². The third-order valence-electron chi connectivity index (χ3n) is 5.51. The first kappa shape index (κ1) is 23.9. The Labute approximate surface area is 203 Å². The topological polar surface area (TPSA) is 83.5 Å². The van der Waals surface area contributed by atoms with E-state index in [2.05, 4.69) is 15.2 Å². The molecule has 1 amide bonds. The standard InChI is InChI=1S/C24H28ClFN6O2/c1-14(2)28-22-23(30-20-13-27-19(12-18(20)29-22)24(33)31(3)4)32-9-7-16(8-10-32)34-21-6-5-15(25)11-17(21)26/h5-6,11-14,16H,7-10H2,1-4H3,(H,28,29). The molecule has 180 valence electrons. The van der Waals surface area contributed by atoms with Crippen LogP contribution in [0.4, 0.5) is 16.0 Å². The number of ether oxygens (including phenoxy) is 1. The van der Waals surface area contributed by atoms with Crippen molar-refractivity contribution in [2.75, 3.05) is 37.4 Å². The highest BCUT2D eigenvalue weighted by atomic mass is 35.5. The van der Waals surface area contributed by atoms with E-state index in [0.717, 1.165) is 5.82 Å². The lowest BCUT2D eigenvalue weighted by molar-refractivity contribution is 0.0822. The summed E-state index contributed by atoms with van der Waals surface area (Å²) in [7, 11) is 3.37. The van der Waals surface area contributed by atoms with Crippen molar-refractivity contribution >= 4 is 40.2 Å². The quantitative estimate of drug-likeness (QED) is 0.553. The predicted molar refractivity (Wildman–Crippen MR) is 131 cm³/mol. The molecule has 1 N–H and O–H groups in total. The number of halogens is 2. The first-order valence-corrected chi connectivity index (χ1v) is 11.6. The van der Waals surface area contributed by atoms with Gasteiger partial charge < -0.3 is 19.9 Å². The molecular formula is C24H28ClFN6O2. The zero-order chi connectivity index (χ0) is 24.4. The van der Waals surface area contributed by atoms with Crippen LogP contribution >= 0.6 is 11.6 Å². The van der Waals surface area contributed by atoms with Gasteiger partial charge in [0, 0.05) is 51.1 Å². The number of piperidine rings is 1. The Morgan fingerprint density at radius 1 is 1.21 bits per heavy atom. The lowest BCUT2D eigenvalue weighted by Gasteiger charge is -2.34. The van der Waals surface area contributed by atoms with Crippen molar-refractivity contribution in [2.45, 2.75) is 38.8 Å². The van der Waals surface area contributed by atoms with Crippen LogP contribution in [0.5, 0.6) is 5.75 Å². The number of anilines is 2. The Balaban J connectivity index is 1.55. The first-order chi connectivity index (χ1) is 16.2. The van der Waals surface area contributed by atoms with E-state index in [4.69, 9.17) is 26.3 Å². The van der Waals surface area contributed by atoms with E-state index >= 15 is 0 Å². The summed E-state index contributed by atoms with van der Waals surface area (Å²) in [4.78, 5) is 29.8. The number of fused-ring (bicyclic) bond motifs is 1. The minimum Gasteiger partial charge on any atom is -0.487 e. The van der Waals surface area contributed by atoms with Crippen LogP contribution in [0.2, 0.25) is 5.02 Å². The van der Waals surface area contributed by atoms with Gasteiger partial charge in [0.25, 0.3) is 5.91 Å². The Kier molecular flexibility index (Phi) is 7.02. The summed E-state index contributed by atoms with van der Waals surface area (Å²) in [5, 5.41) is 3.71. The van der Waals surface area contributed by atoms with E-state index in [1.54, 1.807) is 38.5 Å². The number of aromatic nitrogens is 3. The molecule has 1 saturated heterocycles. The number of pyridine rings is 1. The highest BCUT2D eigenvalue weighted by molar-refractivity contribution is 6.30. The van der Waals surface area contributed by atoms with E-state index in [9.17, 15) is 9.18 Å². The second-order valence-electron chi connectivity index (χ2n) is 8.83. The fourth-order valence-corrected chi connectivity index (χ4v) is 3.98. The molecule has 0 radical (unpaired) electrons. The van der Waals surface area contributed by atoms with E-state index < -0.39 is 5.82 Å². The maximum atomic E-state index is 14.1. The van der Waals surface area contributed by atoms with Gasteiger partial charge in [0.05, 0.1) is 11.7 Å². The number of carbonyl (C=O) groups is 1. The lowest BCUT2D eigenvalue weighted by Crippen LogP contribution is -2.39. The fourth-order valence-electron chi connectivity index (χ4n) is 3.82. The van der Waals surface area contributed by atoms with Crippen LogP contribution in [0.1, 0.15) is 37.2 Å². The molecule has 8 nitrogen and oxygen atoms in total. The summed E-state index contributed by atoms with van der Waals surface area (Å²) in [6.07, 6.45) is 2.89. The molecule has 0 bridgehead atoms. The summed E-state index contributed by atoms with van der Waals surface area (Å²) < 4.78 is 20.0. The zero-order valence-electron chi connectivity index (χ0n) is 19.7. The molecule has 0 unspecified atom stereocenters. The summed E-state index contributed by atoms with van der Waals surface area (Å²) in [6.45, 7) is 5.42. The molecule has 1 fully saturated rings. The van der Waals surface area contributed by atoms with Gasteiger partial charge in [-0.2, -0.15) is 0 Å². The van der Waals surface area contributed by atoms with Gasteiger partial charge in [-0.1, -0.05) is 11.6 Å². The van der Waals surface area contributed by atoms with Crippen molar-refractivity contribution in [1.82, 2.24) is 19.9 Å². The van der Waals surface area contributed by atoms with Gasteiger partial charge >= 0.3 is 0 Å². The SMILES string of the molecule is CC(C)Nc1nc2cc(C(=O)N(C)C)ncc2nc1N1CCC(Oc2ccc(Cl)cc2F)CC1. The molecule has 4 rings (SSSR count). The van der Waals surface area contributed by atoms with Gasteiger partial charge in [-0.3, -0.25) is 4.79 Å². The molecule has 0 spiro atoms. The van der Waals surface area contributed by atoms with Gasteiger partial charge in [-0.05, 0) is 38.1 Å². The second-order valence-corrected chi connectivity index (χ2v) is 9.27. The number of carbonyl (C=O) groups excluding carboxylic acids is 1. The Hall–Kier alpha value is -3.20. The van der Waals surface area contributed by atoms with Crippen LogP contribution < -0.4 is 15.0 Å². The van der Waals surface area contributed by atoms with Crippen LogP contribution in [0, 0.1) is 5.82 Å². The zero-order valence-corrected chi connectivity index (χ0v) is 20.4. The van der Waals surface area contributed by atoms with E-state index in [-0.39, 0.29) is 23.8 Å². The average molecular weight is 487 g/mol. The van der Waals surface area contributed by atoms with Gasteiger partial charge in [-0.25, -0.2) is 19.3 Å². The molecule has 3 aromatic rings. The molecule has 0 aliphatic carbocycles. The van der Waals surface area contributed by atoms with Gasteiger partial charge in [-0.15, -0.1) is 0 Å². The van der Waals surface area contributed by atoms with Crippen LogP contribution in [0.3, 0.4) is 0 Å². The van der Waals surface area contributed by atoms with Crippen LogP contribution in [-0.2, 0) is 0 Å². The van der Waals surface area contributed by atoms with Crippen LogP contribution in [0.15, 0.2) is 30.5 Å². The Morgan fingerprint density at radius 3 is 2.59 bits per heavy atom. The third-order valence-corrected chi connectivity index (χ3v) is 5.75. The van der Waals surface area contributed by atoms with Crippen molar-refractivity contribution in [3.63, 3.8) is 0 Å². The second kappa shape index (κ2) is 9.97. The number of nitrogens with one attached hydrogen (secondary N) is 1. The van der Waals surface area contributed by atoms with Crippen LogP contribution in [-0.4, -0.2) is 65.1 Å². The number of rotatable bonds is 6. The van der Waals surface area contributed by atoms with Gasteiger partial charge in [0.1, 0.15) is 17.3 Å². The summed E-state index contributed by atoms with van der Waals surface area (Å²) in [5.41, 5.74) is 1.53. The van der Waals surface area contributed by atoms with Gasteiger partial charge in [0.15, 0.2) is 23.2 Å². The summed E-state index contributed by atoms with van der Waals surface area (Å²) >= 11 is 5.83. The van der Waals surface area contributed by atoms with Crippen LogP contribution in [0.25, 0.3) is 11.0 Å². The third kappa shape index (κ3) is 5.30.